The second kappa shape index (κ2) is 6.81. The lowest BCUT2D eigenvalue weighted by atomic mass is 10.2. The highest BCUT2D eigenvalue weighted by Gasteiger charge is 2.16. The van der Waals surface area contributed by atoms with E-state index in [1.807, 2.05) is 24.8 Å². The molecule has 0 aliphatic carbocycles. The van der Waals surface area contributed by atoms with E-state index in [-0.39, 0.29) is 11.2 Å². The largest absolute Gasteiger partial charge is 0.327 e. The highest BCUT2D eigenvalue weighted by molar-refractivity contribution is 7.98. The molecule has 110 valence electrons. The van der Waals surface area contributed by atoms with E-state index in [4.69, 9.17) is 11.6 Å². The third-order valence-electron chi connectivity index (χ3n) is 3.39. The van der Waals surface area contributed by atoms with Crippen LogP contribution in [0.3, 0.4) is 0 Å². The minimum atomic E-state index is -0.210. The van der Waals surface area contributed by atoms with Crippen LogP contribution in [0.5, 0.6) is 0 Å². The monoisotopic (exact) mass is 314 g/mol. The van der Waals surface area contributed by atoms with Gasteiger partial charge in [-0.15, -0.1) is 11.6 Å². The van der Waals surface area contributed by atoms with Gasteiger partial charge in [0, 0.05) is 12.6 Å². The molecule has 20 heavy (non-hydrogen) atoms. The predicted octanol–water partition coefficient (Wildman–Crippen LogP) is 4.93. The summed E-state index contributed by atoms with van der Waals surface area (Å²) in [6.45, 7) is 4.57. The Kier molecular flexibility index (Phi) is 5.33. The topological polar surface area (TPSA) is 17.8 Å². The summed E-state index contributed by atoms with van der Waals surface area (Å²) in [5, 5.41) is -0.175. The van der Waals surface area contributed by atoms with Gasteiger partial charge in [0.05, 0.1) is 16.4 Å². The first-order valence-corrected chi connectivity index (χ1v) is 8.67. The molecule has 0 saturated carbocycles. The molecule has 1 aromatic carbocycles. The van der Waals surface area contributed by atoms with Crippen molar-refractivity contribution >= 4 is 34.4 Å². The second-order valence-corrected chi connectivity index (χ2v) is 6.67. The maximum Gasteiger partial charge on any atom is 0.128 e. The number of fused-ring (bicyclic) bond motifs is 1. The normalized spacial score (nSPS) is 13.1. The van der Waals surface area contributed by atoms with E-state index in [2.05, 4.69) is 15.8 Å². The first-order valence-electron chi connectivity index (χ1n) is 6.84. The van der Waals surface area contributed by atoms with E-state index in [1.165, 1.54) is 6.07 Å². The number of hydrogen-bond donors (Lipinski definition) is 0. The maximum absolute atomic E-state index is 13.7. The molecule has 0 saturated heterocycles. The molecule has 0 bridgehead atoms. The molecule has 0 amide bonds. The molecule has 2 rings (SSSR count). The van der Waals surface area contributed by atoms with E-state index in [9.17, 15) is 4.39 Å². The molecular formula is C15H20ClFN2S. The van der Waals surface area contributed by atoms with Crippen LogP contribution < -0.4 is 0 Å². The molecule has 1 unspecified atom stereocenters. The van der Waals surface area contributed by atoms with Gasteiger partial charge in [0.2, 0.25) is 0 Å². The average molecular weight is 315 g/mol. The second-order valence-electron chi connectivity index (χ2n) is 5.03. The van der Waals surface area contributed by atoms with Gasteiger partial charge in [0.25, 0.3) is 0 Å². The van der Waals surface area contributed by atoms with E-state index < -0.39 is 0 Å². The van der Waals surface area contributed by atoms with Gasteiger partial charge < -0.3 is 4.57 Å². The molecule has 2 nitrogen and oxygen atoms in total. The molecule has 5 heteroatoms. The highest BCUT2D eigenvalue weighted by Crippen LogP contribution is 2.27. The van der Waals surface area contributed by atoms with Crippen LogP contribution in [-0.2, 0) is 6.54 Å². The Labute approximate surface area is 128 Å². The Balaban J connectivity index is 2.37. The van der Waals surface area contributed by atoms with E-state index in [0.717, 1.165) is 36.5 Å². The molecule has 0 fully saturated rings. The number of alkyl halides is 1. The van der Waals surface area contributed by atoms with Gasteiger partial charge in [0.15, 0.2) is 0 Å². The standard InChI is InChI=1S/C15H20ClFN2S/c1-10-8-14-13(9-12(10)17)18-15(11(2)16)19(14)6-4-5-7-20-3/h8-9,11H,4-7H2,1-3H3. The van der Waals surface area contributed by atoms with E-state index >= 15 is 0 Å². The third-order valence-corrected chi connectivity index (χ3v) is 4.29. The molecule has 2 aromatic rings. The summed E-state index contributed by atoms with van der Waals surface area (Å²) in [6, 6.07) is 3.38. The zero-order chi connectivity index (χ0) is 14.7. The Morgan fingerprint density at radius 3 is 2.80 bits per heavy atom. The summed E-state index contributed by atoms with van der Waals surface area (Å²) in [7, 11) is 0. The van der Waals surface area contributed by atoms with Gasteiger partial charge in [-0.05, 0) is 50.3 Å². The van der Waals surface area contributed by atoms with Crippen LogP contribution in [0.2, 0.25) is 0 Å². The minimum absolute atomic E-state index is 0.175. The number of aromatic nitrogens is 2. The zero-order valence-corrected chi connectivity index (χ0v) is 13.7. The van der Waals surface area contributed by atoms with Gasteiger partial charge in [-0.25, -0.2) is 9.37 Å². The molecule has 0 radical (unpaired) electrons. The molecule has 0 spiro atoms. The summed E-state index contributed by atoms with van der Waals surface area (Å²) in [4.78, 5) is 4.50. The van der Waals surface area contributed by atoms with Crippen LogP contribution in [0.4, 0.5) is 4.39 Å². The van der Waals surface area contributed by atoms with Crippen LogP contribution in [0.1, 0.15) is 36.5 Å². The van der Waals surface area contributed by atoms with Crippen molar-refractivity contribution in [2.75, 3.05) is 12.0 Å². The van der Waals surface area contributed by atoms with Crippen molar-refractivity contribution in [3.63, 3.8) is 0 Å². The SMILES string of the molecule is CSCCCCn1c(C(C)Cl)nc2cc(F)c(C)cc21. The minimum Gasteiger partial charge on any atom is -0.327 e. The number of unbranched alkanes of at least 4 members (excludes halogenated alkanes) is 1. The molecule has 1 aromatic heterocycles. The van der Waals surface area contributed by atoms with Crippen molar-refractivity contribution in [2.24, 2.45) is 0 Å². The van der Waals surface area contributed by atoms with E-state index in [0.29, 0.717) is 11.1 Å². The summed E-state index contributed by atoms with van der Waals surface area (Å²) in [6.07, 6.45) is 4.36. The van der Waals surface area contributed by atoms with Crippen molar-refractivity contribution in [1.29, 1.82) is 0 Å². The fourth-order valence-electron chi connectivity index (χ4n) is 2.32. The zero-order valence-electron chi connectivity index (χ0n) is 12.1. The fourth-order valence-corrected chi connectivity index (χ4v) is 2.98. The highest BCUT2D eigenvalue weighted by atomic mass is 35.5. The number of nitrogens with zero attached hydrogens (tertiary/aromatic N) is 2. The van der Waals surface area contributed by atoms with Crippen LogP contribution in [-0.4, -0.2) is 21.6 Å². The maximum atomic E-state index is 13.7. The number of aryl methyl sites for hydroxylation is 2. The number of imidazole rings is 1. The van der Waals surface area contributed by atoms with Crippen LogP contribution in [0.25, 0.3) is 11.0 Å². The summed E-state index contributed by atoms with van der Waals surface area (Å²) < 4.78 is 15.8. The van der Waals surface area contributed by atoms with Crippen molar-refractivity contribution in [1.82, 2.24) is 9.55 Å². The Bertz CT molecular complexity index is 595. The molecule has 1 heterocycles. The molecule has 0 aliphatic rings. The third kappa shape index (κ3) is 3.29. The van der Waals surface area contributed by atoms with Gasteiger partial charge in [-0.3, -0.25) is 0 Å². The number of hydrogen-bond acceptors (Lipinski definition) is 2. The van der Waals surface area contributed by atoms with Crippen molar-refractivity contribution in [2.45, 2.75) is 38.6 Å². The average Bonchev–Trinajstić information content (AvgIpc) is 2.74. The summed E-state index contributed by atoms with van der Waals surface area (Å²) in [5.41, 5.74) is 2.33. The van der Waals surface area contributed by atoms with Crippen molar-refractivity contribution < 1.29 is 4.39 Å². The quantitative estimate of drug-likeness (QED) is 0.556. The summed E-state index contributed by atoms with van der Waals surface area (Å²) >= 11 is 8.08. The molecule has 1 atom stereocenters. The number of benzene rings is 1. The molecule has 0 N–H and O–H groups in total. The lowest BCUT2D eigenvalue weighted by molar-refractivity contribution is 0.615. The molecule has 0 aliphatic heterocycles. The van der Waals surface area contributed by atoms with Crippen LogP contribution in [0.15, 0.2) is 12.1 Å². The fraction of sp³-hybridized carbons (Fsp3) is 0.533. The van der Waals surface area contributed by atoms with Gasteiger partial charge in [-0.2, -0.15) is 11.8 Å². The van der Waals surface area contributed by atoms with Crippen LogP contribution in [0, 0.1) is 12.7 Å². The van der Waals surface area contributed by atoms with Gasteiger partial charge in [-0.1, -0.05) is 0 Å². The lowest BCUT2D eigenvalue weighted by Gasteiger charge is -2.10. The van der Waals surface area contributed by atoms with Crippen molar-refractivity contribution in [3.05, 3.63) is 29.3 Å². The first kappa shape index (κ1) is 15.6. The van der Waals surface area contributed by atoms with Gasteiger partial charge >= 0.3 is 0 Å². The number of rotatable bonds is 6. The lowest BCUT2D eigenvalue weighted by Crippen LogP contribution is -2.05. The number of halogens is 2. The summed E-state index contributed by atoms with van der Waals surface area (Å²) in [5.74, 6) is 1.78. The first-order chi connectivity index (χ1) is 9.54. The Morgan fingerprint density at radius 2 is 2.15 bits per heavy atom. The smallest absolute Gasteiger partial charge is 0.128 e. The predicted molar refractivity (Wildman–Crippen MR) is 86.3 cm³/mol. The molecular weight excluding hydrogens is 295 g/mol. The van der Waals surface area contributed by atoms with Crippen molar-refractivity contribution in [3.8, 4) is 0 Å². The van der Waals surface area contributed by atoms with Crippen LogP contribution >= 0.6 is 23.4 Å². The Hall–Kier alpha value is -0.740. The Morgan fingerprint density at radius 1 is 1.40 bits per heavy atom. The van der Waals surface area contributed by atoms with Gasteiger partial charge in [0.1, 0.15) is 11.6 Å². The van der Waals surface area contributed by atoms with E-state index in [1.54, 1.807) is 6.92 Å². The number of thioether (sulfide) groups is 1.